The van der Waals surface area contributed by atoms with Crippen molar-refractivity contribution in [1.29, 1.82) is 0 Å². The number of nitrogens with zero attached hydrogens (tertiary/aromatic N) is 4. The van der Waals surface area contributed by atoms with Gasteiger partial charge in [-0.1, -0.05) is 6.07 Å². The van der Waals surface area contributed by atoms with E-state index >= 15 is 0 Å². The van der Waals surface area contributed by atoms with Gasteiger partial charge < -0.3 is 5.32 Å². The van der Waals surface area contributed by atoms with E-state index in [0.717, 1.165) is 16.9 Å². The molecule has 3 heterocycles. The summed E-state index contributed by atoms with van der Waals surface area (Å²) >= 11 is 0. The highest BCUT2D eigenvalue weighted by atomic mass is 16.2. The molecule has 1 amide bonds. The molecule has 0 fully saturated rings. The van der Waals surface area contributed by atoms with Crippen LogP contribution in [0.5, 0.6) is 0 Å². The number of aryl methyl sites for hydroxylation is 2. The maximum atomic E-state index is 12.3. The van der Waals surface area contributed by atoms with Crippen LogP contribution in [0.4, 0.5) is 5.69 Å². The van der Waals surface area contributed by atoms with Crippen molar-refractivity contribution in [2.24, 2.45) is 0 Å². The standard InChI is InChI=1S/C16H15N5O/c1-11-10-17-8-6-13(11)19-16(22)14-9-12(2)21(20-14)15-5-3-4-7-18-15/h3-10H,1-2H3,(H,17,19,22). The number of carbonyl (C=O) groups excluding carboxylic acids is 1. The second-order valence-corrected chi connectivity index (χ2v) is 4.92. The highest BCUT2D eigenvalue weighted by molar-refractivity contribution is 6.03. The molecule has 6 nitrogen and oxygen atoms in total. The van der Waals surface area contributed by atoms with Gasteiger partial charge in [-0.3, -0.25) is 9.78 Å². The Labute approximate surface area is 127 Å². The first-order valence-electron chi connectivity index (χ1n) is 6.85. The molecule has 3 aromatic heterocycles. The third kappa shape index (κ3) is 2.71. The van der Waals surface area contributed by atoms with Crippen molar-refractivity contribution in [3.8, 4) is 5.82 Å². The Morgan fingerprint density at radius 1 is 1.18 bits per heavy atom. The number of carbonyl (C=O) groups is 1. The number of amides is 1. The first-order chi connectivity index (χ1) is 10.6. The van der Waals surface area contributed by atoms with Crippen LogP contribution < -0.4 is 5.32 Å². The Hall–Kier alpha value is -3.02. The summed E-state index contributed by atoms with van der Waals surface area (Å²) in [4.78, 5) is 20.6. The number of aromatic nitrogens is 4. The molecule has 0 saturated heterocycles. The molecule has 110 valence electrons. The van der Waals surface area contributed by atoms with Gasteiger partial charge >= 0.3 is 0 Å². The Balaban J connectivity index is 1.87. The van der Waals surface area contributed by atoms with Gasteiger partial charge in [0.15, 0.2) is 11.5 Å². The molecule has 0 saturated carbocycles. The van der Waals surface area contributed by atoms with Crippen molar-refractivity contribution in [1.82, 2.24) is 19.7 Å². The van der Waals surface area contributed by atoms with E-state index in [0.29, 0.717) is 11.5 Å². The Morgan fingerprint density at radius 2 is 2.05 bits per heavy atom. The average molecular weight is 293 g/mol. The fourth-order valence-electron chi connectivity index (χ4n) is 2.10. The summed E-state index contributed by atoms with van der Waals surface area (Å²) in [5, 5.41) is 7.18. The second-order valence-electron chi connectivity index (χ2n) is 4.92. The number of pyridine rings is 2. The van der Waals surface area contributed by atoms with Crippen molar-refractivity contribution in [2.75, 3.05) is 5.32 Å². The minimum Gasteiger partial charge on any atom is -0.320 e. The van der Waals surface area contributed by atoms with Gasteiger partial charge in [0.25, 0.3) is 5.91 Å². The largest absolute Gasteiger partial charge is 0.320 e. The van der Waals surface area contributed by atoms with E-state index in [9.17, 15) is 4.79 Å². The van der Waals surface area contributed by atoms with Crippen LogP contribution in [0.3, 0.4) is 0 Å². The van der Waals surface area contributed by atoms with E-state index < -0.39 is 0 Å². The minimum atomic E-state index is -0.257. The fraction of sp³-hybridized carbons (Fsp3) is 0.125. The van der Waals surface area contributed by atoms with Crippen LogP contribution in [0.1, 0.15) is 21.7 Å². The predicted molar refractivity (Wildman–Crippen MR) is 83.0 cm³/mol. The van der Waals surface area contributed by atoms with Crippen LogP contribution in [-0.4, -0.2) is 25.7 Å². The molecule has 0 spiro atoms. The number of hydrogen-bond acceptors (Lipinski definition) is 4. The molecule has 3 aromatic rings. The molecule has 0 aromatic carbocycles. The third-order valence-corrected chi connectivity index (χ3v) is 3.25. The van der Waals surface area contributed by atoms with Crippen molar-refractivity contribution in [3.63, 3.8) is 0 Å². The zero-order valence-electron chi connectivity index (χ0n) is 12.3. The summed E-state index contributed by atoms with van der Waals surface area (Å²) in [6, 6.07) is 9.05. The van der Waals surface area contributed by atoms with Gasteiger partial charge in [-0.2, -0.15) is 5.10 Å². The van der Waals surface area contributed by atoms with Gasteiger partial charge in [0.2, 0.25) is 0 Å². The first-order valence-corrected chi connectivity index (χ1v) is 6.85. The van der Waals surface area contributed by atoms with Gasteiger partial charge in [0.1, 0.15) is 0 Å². The van der Waals surface area contributed by atoms with Crippen molar-refractivity contribution in [3.05, 3.63) is 65.9 Å². The molecule has 0 aliphatic heterocycles. The Morgan fingerprint density at radius 3 is 2.77 bits per heavy atom. The van der Waals surface area contributed by atoms with Crippen LogP contribution in [0, 0.1) is 13.8 Å². The number of hydrogen-bond donors (Lipinski definition) is 1. The molecule has 3 rings (SSSR count). The van der Waals surface area contributed by atoms with Gasteiger partial charge in [-0.25, -0.2) is 9.67 Å². The SMILES string of the molecule is Cc1cnccc1NC(=O)c1cc(C)n(-c2ccccn2)n1. The summed E-state index contributed by atoms with van der Waals surface area (Å²) in [7, 11) is 0. The van der Waals surface area contributed by atoms with E-state index in [1.165, 1.54) is 0 Å². The molecule has 0 radical (unpaired) electrons. The lowest BCUT2D eigenvalue weighted by molar-refractivity contribution is 0.102. The molecule has 0 unspecified atom stereocenters. The average Bonchev–Trinajstić information content (AvgIpc) is 2.92. The maximum Gasteiger partial charge on any atom is 0.276 e. The Kier molecular flexibility index (Phi) is 3.65. The summed E-state index contributed by atoms with van der Waals surface area (Å²) in [5.41, 5.74) is 2.82. The molecular weight excluding hydrogens is 278 g/mol. The first kappa shape index (κ1) is 13.9. The van der Waals surface area contributed by atoms with Gasteiger partial charge in [-0.15, -0.1) is 0 Å². The quantitative estimate of drug-likeness (QED) is 0.805. The van der Waals surface area contributed by atoms with E-state index in [1.54, 1.807) is 35.4 Å². The third-order valence-electron chi connectivity index (χ3n) is 3.25. The van der Waals surface area contributed by atoms with E-state index in [1.807, 2.05) is 32.0 Å². The summed E-state index contributed by atoms with van der Waals surface area (Å²) < 4.78 is 1.65. The lowest BCUT2D eigenvalue weighted by atomic mass is 10.2. The van der Waals surface area contributed by atoms with Crippen molar-refractivity contribution < 1.29 is 4.79 Å². The van der Waals surface area contributed by atoms with Gasteiger partial charge in [-0.05, 0) is 43.7 Å². The molecule has 0 bridgehead atoms. The van der Waals surface area contributed by atoms with Crippen LogP contribution in [0.15, 0.2) is 48.9 Å². The number of anilines is 1. The summed E-state index contributed by atoms with van der Waals surface area (Å²) in [6.45, 7) is 3.77. The predicted octanol–water partition coefficient (Wildman–Crippen LogP) is 2.53. The van der Waals surface area contributed by atoms with Crippen molar-refractivity contribution >= 4 is 11.6 Å². The number of nitrogens with one attached hydrogen (secondary N) is 1. The smallest absolute Gasteiger partial charge is 0.276 e. The minimum absolute atomic E-state index is 0.257. The molecule has 1 N–H and O–H groups in total. The summed E-state index contributed by atoms with van der Waals surface area (Å²) in [5.74, 6) is 0.422. The normalized spacial score (nSPS) is 10.5. The highest BCUT2D eigenvalue weighted by Crippen LogP contribution is 2.14. The molecule has 6 heteroatoms. The van der Waals surface area contributed by atoms with Crippen LogP contribution in [0.25, 0.3) is 5.82 Å². The second kappa shape index (κ2) is 5.77. The van der Waals surface area contributed by atoms with Crippen LogP contribution >= 0.6 is 0 Å². The van der Waals surface area contributed by atoms with Crippen molar-refractivity contribution in [2.45, 2.75) is 13.8 Å². The molecule has 0 aliphatic rings. The summed E-state index contributed by atoms with van der Waals surface area (Å²) in [6.07, 6.45) is 5.03. The van der Waals surface area contributed by atoms with Crippen LogP contribution in [0.2, 0.25) is 0 Å². The van der Waals surface area contributed by atoms with E-state index in [-0.39, 0.29) is 5.91 Å². The van der Waals surface area contributed by atoms with E-state index in [4.69, 9.17) is 0 Å². The Bertz CT molecular complexity index is 810. The fourth-order valence-corrected chi connectivity index (χ4v) is 2.10. The molecule has 22 heavy (non-hydrogen) atoms. The lowest BCUT2D eigenvalue weighted by Gasteiger charge is -2.05. The van der Waals surface area contributed by atoms with Crippen LogP contribution in [-0.2, 0) is 0 Å². The van der Waals surface area contributed by atoms with E-state index in [2.05, 4.69) is 20.4 Å². The monoisotopic (exact) mass is 293 g/mol. The molecule has 0 atom stereocenters. The lowest BCUT2D eigenvalue weighted by Crippen LogP contribution is -2.14. The van der Waals surface area contributed by atoms with Gasteiger partial charge in [0.05, 0.1) is 0 Å². The number of rotatable bonds is 3. The maximum absolute atomic E-state index is 12.3. The molecule has 0 aliphatic carbocycles. The topological polar surface area (TPSA) is 72.7 Å². The molecular formula is C16H15N5O. The van der Waals surface area contributed by atoms with Gasteiger partial charge in [0, 0.05) is 30.0 Å². The highest BCUT2D eigenvalue weighted by Gasteiger charge is 2.14. The zero-order valence-corrected chi connectivity index (χ0v) is 12.3. The zero-order chi connectivity index (χ0) is 15.5.